The second-order valence-corrected chi connectivity index (χ2v) is 8.31. The van der Waals surface area contributed by atoms with Crippen molar-refractivity contribution in [3.05, 3.63) is 35.4 Å². The van der Waals surface area contributed by atoms with Gasteiger partial charge in [0.1, 0.15) is 0 Å². The molecular weight excluding hydrogens is 288 g/mol. The minimum Gasteiger partial charge on any atom is -0.298 e. The SMILES string of the molecule is c1ccc2c(c1)CC[C@@H](N1CCN(C3CCSCC3)CC1)C2. The van der Waals surface area contributed by atoms with E-state index in [-0.39, 0.29) is 0 Å². The molecule has 0 N–H and O–H groups in total. The number of piperazine rings is 1. The lowest BCUT2D eigenvalue weighted by Crippen LogP contribution is -2.54. The maximum absolute atomic E-state index is 2.78. The molecule has 3 heteroatoms. The number of nitrogens with zero attached hydrogens (tertiary/aromatic N) is 2. The number of fused-ring (bicyclic) bond motifs is 1. The second-order valence-electron chi connectivity index (χ2n) is 7.08. The highest BCUT2D eigenvalue weighted by atomic mass is 32.2. The Kier molecular flexibility index (Phi) is 4.75. The molecular formula is C19H28N2S. The molecule has 2 fully saturated rings. The molecule has 0 unspecified atom stereocenters. The van der Waals surface area contributed by atoms with Crippen LogP contribution in [0.3, 0.4) is 0 Å². The Morgan fingerprint density at radius 2 is 1.41 bits per heavy atom. The van der Waals surface area contributed by atoms with Crippen molar-refractivity contribution < 1.29 is 0 Å². The fourth-order valence-corrected chi connectivity index (χ4v) is 5.59. The standard InChI is InChI=1S/C19H28N2S/c1-2-4-17-15-19(6-5-16(17)3-1)21-11-9-20(10-12-21)18-7-13-22-14-8-18/h1-4,18-19H,5-15H2/t19-/m1/s1. The average Bonchev–Trinajstić information content (AvgIpc) is 2.62. The van der Waals surface area contributed by atoms with Crippen molar-refractivity contribution in [3.8, 4) is 0 Å². The molecule has 0 aromatic heterocycles. The fraction of sp³-hybridized carbons (Fsp3) is 0.684. The Hall–Kier alpha value is -0.510. The molecule has 3 aliphatic rings. The molecule has 0 saturated carbocycles. The molecule has 2 heterocycles. The van der Waals surface area contributed by atoms with E-state index in [0.717, 1.165) is 12.1 Å². The van der Waals surface area contributed by atoms with Crippen LogP contribution in [0.2, 0.25) is 0 Å². The molecule has 1 aromatic carbocycles. The second kappa shape index (κ2) is 6.94. The Balaban J connectivity index is 1.32. The monoisotopic (exact) mass is 316 g/mol. The van der Waals surface area contributed by atoms with Crippen LogP contribution in [-0.2, 0) is 12.8 Å². The van der Waals surface area contributed by atoms with Gasteiger partial charge in [0.15, 0.2) is 0 Å². The van der Waals surface area contributed by atoms with E-state index in [1.807, 2.05) is 0 Å². The van der Waals surface area contributed by atoms with Crippen LogP contribution in [0.25, 0.3) is 0 Å². The lowest BCUT2D eigenvalue weighted by Gasteiger charge is -2.44. The van der Waals surface area contributed by atoms with Crippen molar-refractivity contribution in [3.63, 3.8) is 0 Å². The molecule has 4 rings (SSSR count). The topological polar surface area (TPSA) is 6.48 Å². The smallest absolute Gasteiger partial charge is 0.0140 e. The Morgan fingerprint density at radius 3 is 2.14 bits per heavy atom. The van der Waals surface area contributed by atoms with Crippen LogP contribution < -0.4 is 0 Å². The van der Waals surface area contributed by atoms with Crippen LogP contribution in [0.5, 0.6) is 0 Å². The van der Waals surface area contributed by atoms with E-state index in [0.29, 0.717) is 0 Å². The predicted octanol–water partition coefficient (Wildman–Crippen LogP) is 3.06. The van der Waals surface area contributed by atoms with Gasteiger partial charge in [0, 0.05) is 38.3 Å². The zero-order valence-electron chi connectivity index (χ0n) is 13.5. The third-order valence-corrected chi connectivity index (χ3v) is 6.94. The number of aryl methyl sites for hydroxylation is 1. The predicted molar refractivity (Wildman–Crippen MR) is 95.7 cm³/mol. The number of rotatable bonds is 2. The molecule has 2 aliphatic heterocycles. The summed E-state index contributed by atoms with van der Waals surface area (Å²) in [5.74, 6) is 2.76. The van der Waals surface area contributed by atoms with E-state index in [1.165, 1.54) is 69.8 Å². The van der Waals surface area contributed by atoms with Gasteiger partial charge in [-0.1, -0.05) is 24.3 Å². The van der Waals surface area contributed by atoms with Crippen LogP contribution in [0.15, 0.2) is 24.3 Å². The molecule has 0 amide bonds. The first-order chi connectivity index (χ1) is 10.9. The summed E-state index contributed by atoms with van der Waals surface area (Å²) in [6.45, 7) is 5.17. The molecule has 22 heavy (non-hydrogen) atoms. The van der Waals surface area contributed by atoms with Gasteiger partial charge in [-0.25, -0.2) is 0 Å². The molecule has 120 valence electrons. The van der Waals surface area contributed by atoms with E-state index in [9.17, 15) is 0 Å². The van der Waals surface area contributed by atoms with Crippen LogP contribution >= 0.6 is 11.8 Å². The van der Waals surface area contributed by atoms with Crippen molar-refractivity contribution >= 4 is 11.8 Å². The fourth-order valence-electron chi connectivity index (χ4n) is 4.51. The van der Waals surface area contributed by atoms with Gasteiger partial charge in [0.25, 0.3) is 0 Å². The zero-order chi connectivity index (χ0) is 14.8. The van der Waals surface area contributed by atoms with Crippen molar-refractivity contribution in [1.29, 1.82) is 0 Å². The molecule has 1 atom stereocenters. The van der Waals surface area contributed by atoms with Crippen molar-refractivity contribution in [2.45, 2.75) is 44.2 Å². The van der Waals surface area contributed by atoms with Gasteiger partial charge >= 0.3 is 0 Å². The summed E-state index contributed by atoms with van der Waals surface area (Å²) in [6, 6.07) is 10.7. The van der Waals surface area contributed by atoms with E-state index < -0.39 is 0 Å². The summed E-state index contributed by atoms with van der Waals surface area (Å²) in [6.07, 6.45) is 6.75. The number of hydrogen-bond acceptors (Lipinski definition) is 3. The molecule has 2 nitrogen and oxygen atoms in total. The first-order valence-electron chi connectivity index (χ1n) is 9.03. The van der Waals surface area contributed by atoms with E-state index in [1.54, 1.807) is 11.1 Å². The molecule has 0 radical (unpaired) electrons. The van der Waals surface area contributed by atoms with Crippen LogP contribution in [-0.4, -0.2) is 59.6 Å². The van der Waals surface area contributed by atoms with E-state index in [2.05, 4.69) is 45.8 Å². The summed E-state index contributed by atoms with van der Waals surface area (Å²) < 4.78 is 0. The van der Waals surface area contributed by atoms with E-state index >= 15 is 0 Å². The van der Waals surface area contributed by atoms with Crippen molar-refractivity contribution in [1.82, 2.24) is 9.80 Å². The lowest BCUT2D eigenvalue weighted by molar-refractivity contribution is 0.0616. The van der Waals surface area contributed by atoms with Crippen LogP contribution in [0, 0.1) is 0 Å². The van der Waals surface area contributed by atoms with Gasteiger partial charge in [-0.05, 0) is 54.7 Å². The molecule has 0 spiro atoms. The van der Waals surface area contributed by atoms with Gasteiger partial charge < -0.3 is 0 Å². The molecule has 1 aromatic rings. The number of hydrogen-bond donors (Lipinski definition) is 0. The maximum atomic E-state index is 2.78. The average molecular weight is 317 g/mol. The van der Waals surface area contributed by atoms with E-state index in [4.69, 9.17) is 0 Å². The highest BCUT2D eigenvalue weighted by molar-refractivity contribution is 7.99. The lowest BCUT2D eigenvalue weighted by atomic mass is 9.87. The van der Waals surface area contributed by atoms with Gasteiger partial charge in [-0.15, -0.1) is 0 Å². The first kappa shape index (κ1) is 15.0. The Morgan fingerprint density at radius 1 is 0.773 bits per heavy atom. The summed E-state index contributed by atoms with van der Waals surface area (Å²) in [7, 11) is 0. The quantitative estimate of drug-likeness (QED) is 0.828. The van der Waals surface area contributed by atoms with Gasteiger partial charge in [-0.3, -0.25) is 9.80 Å². The zero-order valence-corrected chi connectivity index (χ0v) is 14.4. The summed E-state index contributed by atoms with van der Waals surface area (Å²) in [4.78, 5) is 5.57. The third-order valence-electron chi connectivity index (χ3n) is 5.89. The summed E-state index contributed by atoms with van der Waals surface area (Å²) >= 11 is 2.14. The molecule has 2 saturated heterocycles. The third kappa shape index (κ3) is 3.22. The Labute approximate surface area is 139 Å². The molecule has 0 bridgehead atoms. The highest BCUT2D eigenvalue weighted by Crippen LogP contribution is 2.27. The minimum absolute atomic E-state index is 0.791. The van der Waals surface area contributed by atoms with Crippen molar-refractivity contribution in [2.24, 2.45) is 0 Å². The van der Waals surface area contributed by atoms with Crippen LogP contribution in [0.4, 0.5) is 0 Å². The maximum Gasteiger partial charge on any atom is 0.0140 e. The van der Waals surface area contributed by atoms with Gasteiger partial charge in [0.2, 0.25) is 0 Å². The Bertz CT molecular complexity index is 490. The number of benzene rings is 1. The van der Waals surface area contributed by atoms with Crippen LogP contribution in [0.1, 0.15) is 30.4 Å². The minimum atomic E-state index is 0.791. The summed E-state index contributed by atoms with van der Waals surface area (Å²) in [5, 5.41) is 0. The molecule has 1 aliphatic carbocycles. The normalized spacial score (nSPS) is 28.5. The highest BCUT2D eigenvalue weighted by Gasteiger charge is 2.30. The first-order valence-corrected chi connectivity index (χ1v) is 10.2. The van der Waals surface area contributed by atoms with Gasteiger partial charge in [-0.2, -0.15) is 11.8 Å². The van der Waals surface area contributed by atoms with Crippen molar-refractivity contribution in [2.75, 3.05) is 37.7 Å². The largest absolute Gasteiger partial charge is 0.298 e. The summed E-state index contributed by atoms with van der Waals surface area (Å²) in [5.41, 5.74) is 3.20. The van der Waals surface area contributed by atoms with Gasteiger partial charge in [0.05, 0.1) is 0 Å². The number of thioether (sulfide) groups is 1.